The van der Waals surface area contributed by atoms with E-state index < -0.39 is 0 Å². The van der Waals surface area contributed by atoms with Gasteiger partial charge in [-0.05, 0) is 30.5 Å². The largest absolute Gasteiger partial charge is 0.463 e. The average molecular weight is 250 g/mol. The van der Waals surface area contributed by atoms with Crippen LogP contribution in [0, 0.1) is 11.7 Å². The van der Waals surface area contributed by atoms with Crippen LogP contribution in [-0.2, 0) is 16.0 Å². The summed E-state index contributed by atoms with van der Waals surface area (Å²) in [6.07, 6.45) is 2.36. The highest BCUT2D eigenvalue weighted by Crippen LogP contribution is 2.13. The molecule has 0 fully saturated rings. The molecule has 0 radical (unpaired) electrons. The van der Waals surface area contributed by atoms with Crippen LogP contribution in [0.25, 0.3) is 0 Å². The second-order valence-electron chi connectivity index (χ2n) is 4.46. The molecule has 0 spiro atoms. The normalized spacial score (nSPS) is 11.7. The summed E-state index contributed by atoms with van der Waals surface area (Å²) in [6.45, 7) is 6.15. The number of hydrogen-bond donors (Lipinski definition) is 0. The van der Waals surface area contributed by atoms with Gasteiger partial charge in [0.15, 0.2) is 0 Å². The predicted molar refractivity (Wildman–Crippen MR) is 69.7 cm³/mol. The van der Waals surface area contributed by atoms with Crippen LogP contribution in [0.4, 0.5) is 4.39 Å². The Kier molecular flexibility index (Phi) is 5.56. The van der Waals surface area contributed by atoms with E-state index in [1.165, 1.54) is 12.1 Å². The molecule has 0 atom stereocenters. The molecule has 0 unspecified atom stereocenters. The summed E-state index contributed by atoms with van der Waals surface area (Å²) >= 11 is 0. The van der Waals surface area contributed by atoms with E-state index in [1.54, 1.807) is 19.1 Å². The number of ether oxygens (including phenoxy) is 1. The number of halogens is 1. The fourth-order valence-electron chi connectivity index (χ4n) is 1.65. The minimum atomic E-state index is -0.296. The molecule has 0 amide bonds. The molecule has 0 heterocycles. The molecule has 0 saturated heterocycles. The van der Waals surface area contributed by atoms with Gasteiger partial charge in [-0.3, -0.25) is 0 Å². The quantitative estimate of drug-likeness (QED) is 0.590. The summed E-state index contributed by atoms with van der Waals surface area (Å²) in [4.78, 5) is 11.8. The zero-order chi connectivity index (χ0) is 13.5. The standard InChI is InChI=1S/C15H19FO2/c1-4-18-15(17)13(9-11(2)3)10-12-5-7-14(16)8-6-12/h5-9,11H,4,10H2,1-3H3/b13-9+. The Labute approximate surface area is 107 Å². The van der Waals surface area contributed by atoms with E-state index in [9.17, 15) is 9.18 Å². The van der Waals surface area contributed by atoms with Crippen molar-refractivity contribution in [3.63, 3.8) is 0 Å². The van der Waals surface area contributed by atoms with Crippen LogP contribution in [-0.4, -0.2) is 12.6 Å². The van der Waals surface area contributed by atoms with E-state index >= 15 is 0 Å². The molecule has 0 aliphatic rings. The first-order valence-electron chi connectivity index (χ1n) is 6.15. The van der Waals surface area contributed by atoms with Crippen molar-refractivity contribution >= 4 is 5.97 Å². The second-order valence-corrected chi connectivity index (χ2v) is 4.46. The lowest BCUT2D eigenvalue weighted by Gasteiger charge is -2.09. The SMILES string of the molecule is CCOC(=O)/C(=C/C(C)C)Cc1ccc(F)cc1. The maximum Gasteiger partial charge on any atom is 0.334 e. The maximum atomic E-state index is 12.8. The zero-order valence-electron chi connectivity index (χ0n) is 11.1. The maximum absolute atomic E-state index is 12.8. The van der Waals surface area contributed by atoms with Crippen molar-refractivity contribution in [2.24, 2.45) is 5.92 Å². The van der Waals surface area contributed by atoms with Crippen molar-refractivity contribution in [1.29, 1.82) is 0 Å². The van der Waals surface area contributed by atoms with Crippen molar-refractivity contribution in [3.8, 4) is 0 Å². The molecule has 3 heteroatoms. The third-order valence-electron chi connectivity index (χ3n) is 2.38. The Morgan fingerprint density at radius 2 is 1.94 bits per heavy atom. The predicted octanol–water partition coefficient (Wildman–Crippen LogP) is 3.51. The van der Waals surface area contributed by atoms with E-state index in [0.717, 1.165) is 5.56 Å². The summed E-state index contributed by atoms with van der Waals surface area (Å²) in [5.41, 5.74) is 1.52. The van der Waals surface area contributed by atoms with Crippen molar-refractivity contribution < 1.29 is 13.9 Å². The number of carbonyl (C=O) groups is 1. The summed E-state index contributed by atoms with van der Waals surface area (Å²) in [6, 6.07) is 6.16. The second kappa shape index (κ2) is 6.94. The molecule has 2 nitrogen and oxygen atoms in total. The fourth-order valence-corrected chi connectivity index (χ4v) is 1.65. The summed E-state index contributed by atoms with van der Waals surface area (Å²) in [5, 5.41) is 0. The third kappa shape index (κ3) is 4.70. The van der Waals surface area contributed by atoms with E-state index in [0.29, 0.717) is 18.6 Å². The molecule has 0 aliphatic heterocycles. The van der Waals surface area contributed by atoms with Gasteiger partial charge in [-0.15, -0.1) is 0 Å². The van der Waals surface area contributed by atoms with Crippen LogP contribution in [0.5, 0.6) is 0 Å². The van der Waals surface area contributed by atoms with Crippen LogP contribution in [0.1, 0.15) is 26.3 Å². The Morgan fingerprint density at radius 1 is 1.33 bits per heavy atom. The molecular formula is C15H19FO2. The Hall–Kier alpha value is -1.64. The summed E-state index contributed by atoms with van der Waals surface area (Å²) in [5.74, 6) is -0.301. The minimum Gasteiger partial charge on any atom is -0.463 e. The summed E-state index contributed by atoms with van der Waals surface area (Å²) in [7, 11) is 0. The number of esters is 1. The van der Waals surface area contributed by atoms with Crippen molar-refractivity contribution in [1.82, 2.24) is 0 Å². The molecule has 1 aromatic carbocycles. The highest BCUT2D eigenvalue weighted by atomic mass is 19.1. The van der Waals surface area contributed by atoms with Gasteiger partial charge < -0.3 is 4.74 Å². The van der Waals surface area contributed by atoms with Gasteiger partial charge in [-0.25, -0.2) is 9.18 Å². The van der Waals surface area contributed by atoms with E-state index in [2.05, 4.69) is 0 Å². The van der Waals surface area contributed by atoms with Gasteiger partial charge in [0, 0.05) is 12.0 Å². The molecule has 0 bridgehead atoms. The Morgan fingerprint density at radius 3 is 2.44 bits per heavy atom. The zero-order valence-corrected chi connectivity index (χ0v) is 11.1. The Balaban J connectivity index is 2.85. The van der Waals surface area contributed by atoms with Gasteiger partial charge in [0.1, 0.15) is 5.82 Å². The van der Waals surface area contributed by atoms with Crippen LogP contribution in [0.15, 0.2) is 35.9 Å². The van der Waals surface area contributed by atoms with Crippen molar-refractivity contribution in [2.75, 3.05) is 6.61 Å². The monoisotopic (exact) mass is 250 g/mol. The third-order valence-corrected chi connectivity index (χ3v) is 2.38. The lowest BCUT2D eigenvalue weighted by molar-refractivity contribution is -0.138. The van der Waals surface area contributed by atoms with Gasteiger partial charge in [0.05, 0.1) is 6.61 Å². The van der Waals surface area contributed by atoms with Gasteiger partial charge in [0.2, 0.25) is 0 Å². The van der Waals surface area contributed by atoms with Gasteiger partial charge >= 0.3 is 5.97 Å². The van der Waals surface area contributed by atoms with Crippen LogP contribution in [0.3, 0.4) is 0 Å². The number of benzene rings is 1. The van der Waals surface area contributed by atoms with Crippen molar-refractivity contribution in [3.05, 3.63) is 47.3 Å². The van der Waals surface area contributed by atoms with Gasteiger partial charge in [0.25, 0.3) is 0 Å². The molecular weight excluding hydrogens is 231 g/mol. The lowest BCUT2D eigenvalue weighted by Crippen LogP contribution is -2.11. The smallest absolute Gasteiger partial charge is 0.334 e. The van der Waals surface area contributed by atoms with Crippen LogP contribution in [0.2, 0.25) is 0 Å². The van der Waals surface area contributed by atoms with Gasteiger partial charge in [-0.1, -0.05) is 32.1 Å². The topological polar surface area (TPSA) is 26.3 Å². The first kappa shape index (κ1) is 14.4. The Bertz CT molecular complexity index is 419. The first-order valence-corrected chi connectivity index (χ1v) is 6.15. The van der Waals surface area contributed by atoms with E-state index in [4.69, 9.17) is 4.74 Å². The van der Waals surface area contributed by atoms with Crippen molar-refractivity contribution in [2.45, 2.75) is 27.2 Å². The fraction of sp³-hybridized carbons (Fsp3) is 0.400. The molecule has 1 rings (SSSR count). The molecule has 0 N–H and O–H groups in total. The van der Waals surface area contributed by atoms with Crippen LogP contribution < -0.4 is 0 Å². The molecule has 0 saturated carbocycles. The lowest BCUT2D eigenvalue weighted by atomic mass is 10.0. The van der Waals surface area contributed by atoms with E-state index in [-0.39, 0.29) is 17.7 Å². The average Bonchev–Trinajstić information content (AvgIpc) is 2.31. The number of rotatable bonds is 5. The number of allylic oxidation sites excluding steroid dienone is 1. The molecule has 18 heavy (non-hydrogen) atoms. The number of hydrogen-bond acceptors (Lipinski definition) is 2. The van der Waals surface area contributed by atoms with Gasteiger partial charge in [-0.2, -0.15) is 0 Å². The molecule has 0 aliphatic carbocycles. The molecule has 0 aromatic heterocycles. The van der Waals surface area contributed by atoms with E-state index in [1.807, 2.05) is 19.9 Å². The number of carbonyl (C=O) groups excluding carboxylic acids is 1. The highest BCUT2D eigenvalue weighted by molar-refractivity contribution is 5.89. The van der Waals surface area contributed by atoms with Crippen LogP contribution >= 0.6 is 0 Å². The minimum absolute atomic E-state index is 0.268. The molecule has 1 aromatic rings. The summed E-state index contributed by atoms with van der Waals surface area (Å²) < 4.78 is 17.8. The molecule has 98 valence electrons. The first-order chi connectivity index (χ1) is 8.52. The highest BCUT2D eigenvalue weighted by Gasteiger charge is 2.12.